The first kappa shape index (κ1) is 14.7. The molecule has 1 N–H and O–H groups in total. The Morgan fingerprint density at radius 3 is 2.90 bits per heavy atom. The molecule has 0 fully saturated rings. The van der Waals surface area contributed by atoms with E-state index in [2.05, 4.69) is 15.5 Å². The van der Waals surface area contributed by atoms with E-state index in [9.17, 15) is 4.79 Å². The van der Waals surface area contributed by atoms with Gasteiger partial charge in [0.1, 0.15) is 0 Å². The average Bonchev–Trinajstić information content (AvgIpc) is 2.96. The third-order valence-electron chi connectivity index (χ3n) is 2.85. The van der Waals surface area contributed by atoms with Gasteiger partial charge in [0.2, 0.25) is 11.8 Å². The summed E-state index contributed by atoms with van der Waals surface area (Å²) in [5.74, 6) is 1.06. The summed E-state index contributed by atoms with van der Waals surface area (Å²) in [6.45, 7) is 4.35. The van der Waals surface area contributed by atoms with Crippen molar-refractivity contribution in [3.8, 4) is 6.07 Å². The van der Waals surface area contributed by atoms with Crippen molar-refractivity contribution in [3.63, 3.8) is 0 Å². The first-order valence-electron chi connectivity index (χ1n) is 6.71. The Morgan fingerprint density at radius 1 is 1.43 bits per heavy atom. The van der Waals surface area contributed by atoms with Crippen LogP contribution in [-0.4, -0.2) is 22.6 Å². The molecule has 0 aliphatic carbocycles. The fourth-order valence-electron chi connectivity index (χ4n) is 1.72. The fourth-order valence-corrected chi connectivity index (χ4v) is 1.72. The van der Waals surface area contributed by atoms with Gasteiger partial charge in [0, 0.05) is 24.4 Å². The fraction of sp³-hybridized carbons (Fsp3) is 0.333. The van der Waals surface area contributed by atoms with Crippen LogP contribution in [0.2, 0.25) is 0 Å². The number of nitrogens with zero attached hydrogens (tertiary/aromatic N) is 3. The number of benzene rings is 1. The highest BCUT2D eigenvalue weighted by molar-refractivity contribution is 5.94. The highest BCUT2D eigenvalue weighted by Gasteiger charge is 2.10. The van der Waals surface area contributed by atoms with E-state index in [1.54, 1.807) is 24.3 Å². The lowest BCUT2D eigenvalue weighted by Gasteiger charge is -2.03. The predicted molar refractivity (Wildman–Crippen MR) is 75.6 cm³/mol. The van der Waals surface area contributed by atoms with E-state index >= 15 is 0 Å². The highest BCUT2D eigenvalue weighted by Crippen LogP contribution is 2.12. The van der Waals surface area contributed by atoms with Gasteiger partial charge in [-0.15, -0.1) is 10.2 Å². The Balaban J connectivity index is 1.87. The minimum atomic E-state index is -0.226. The zero-order chi connectivity index (χ0) is 15.2. The minimum Gasteiger partial charge on any atom is -0.425 e. The van der Waals surface area contributed by atoms with Crippen molar-refractivity contribution < 1.29 is 9.21 Å². The van der Waals surface area contributed by atoms with E-state index in [0.717, 1.165) is 0 Å². The van der Waals surface area contributed by atoms with Gasteiger partial charge >= 0.3 is 0 Å². The summed E-state index contributed by atoms with van der Waals surface area (Å²) < 4.78 is 5.45. The second-order valence-electron chi connectivity index (χ2n) is 4.89. The summed E-state index contributed by atoms with van der Waals surface area (Å²) in [5, 5.41) is 19.4. The molecule has 0 bridgehead atoms. The molecule has 6 heteroatoms. The number of carbonyl (C=O) groups is 1. The van der Waals surface area contributed by atoms with Crippen LogP contribution in [-0.2, 0) is 6.42 Å². The third-order valence-corrected chi connectivity index (χ3v) is 2.85. The van der Waals surface area contributed by atoms with Crippen molar-refractivity contribution in [1.82, 2.24) is 15.5 Å². The molecule has 21 heavy (non-hydrogen) atoms. The van der Waals surface area contributed by atoms with Crippen molar-refractivity contribution in [2.75, 3.05) is 6.54 Å². The lowest BCUT2D eigenvalue weighted by molar-refractivity contribution is 0.0953. The Labute approximate surface area is 122 Å². The maximum Gasteiger partial charge on any atom is 0.251 e. The molecule has 1 aromatic carbocycles. The molecule has 2 rings (SSSR count). The third kappa shape index (κ3) is 3.89. The summed E-state index contributed by atoms with van der Waals surface area (Å²) in [7, 11) is 0. The second-order valence-corrected chi connectivity index (χ2v) is 4.89. The normalized spacial score (nSPS) is 10.4. The topological polar surface area (TPSA) is 91.8 Å². The number of nitrogens with one attached hydrogen (secondary N) is 1. The van der Waals surface area contributed by atoms with Crippen LogP contribution >= 0.6 is 0 Å². The van der Waals surface area contributed by atoms with Gasteiger partial charge < -0.3 is 9.73 Å². The van der Waals surface area contributed by atoms with Crippen molar-refractivity contribution in [2.24, 2.45) is 0 Å². The van der Waals surface area contributed by atoms with E-state index in [0.29, 0.717) is 35.9 Å². The van der Waals surface area contributed by atoms with Gasteiger partial charge in [0.05, 0.1) is 11.6 Å². The van der Waals surface area contributed by atoms with Crippen LogP contribution in [0.25, 0.3) is 0 Å². The molecule has 108 valence electrons. The molecular weight excluding hydrogens is 268 g/mol. The number of amides is 1. The van der Waals surface area contributed by atoms with Crippen molar-refractivity contribution in [2.45, 2.75) is 26.2 Å². The molecule has 0 unspecified atom stereocenters. The standard InChI is InChI=1S/C15H16N4O2/c1-10(2)15-19-18-13(21-15)6-7-17-14(20)12-5-3-4-11(8-12)9-16/h3-5,8,10H,6-7H2,1-2H3,(H,17,20). The lowest BCUT2D eigenvalue weighted by Crippen LogP contribution is -2.25. The van der Waals surface area contributed by atoms with E-state index in [1.807, 2.05) is 19.9 Å². The van der Waals surface area contributed by atoms with E-state index in [4.69, 9.17) is 9.68 Å². The zero-order valence-corrected chi connectivity index (χ0v) is 12.0. The summed E-state index contributed by atoms with van der Waals surface area (Å²) >= 11 is 0. The van der Waals surface area contributed by atoms with Gasteiger partial charge in [0.25, 0.3) is 5.91 Å². The SMILES string of the molecule is CC(C)c1nnc(CCNC(=O)c2cccc(C#N)c2)o1. The van der Waals surface area contributed by atoms with Gasteiger partial charge in [0.15, 0.2) is 0 Å². The summed E-state index contributed by atoms with van der Waals surface area (Å²) in [4.78, 5) is 11.9. The second kappa shape index (κ2) is 6.66. The monoisotopic (exact) mass is 284 g/mol. The van der Waals surface area contributed by atoms with Crippen LogP contribution in [0, 0.1) is 11.3 Å². The van der Waals surface area contributed by atoms with E-state index in [1.165, 1.54) is 0 Å². The van der Waals surface area contributed by atoms with E-state index in [-0.39, 0.29) is 11.8 Å². The number of carbonyl (C=O) groups excluding carboxylic acids is 1. The van der Waals surface area contributed by atoms with Gasteiger partial charge in [-0.2, -0.15) is 5.26 Å². The summed E-state index contributed by atoms with van der Waals surface area (Å²) in [5.41, 5.74) is 0.920. The Hall–Kier alpha value is -2.68. The predicted octanol–water partition coefficient (Wildman–Crippen LogP) is 2.04. The molecule has 1 amide bonds. The molecule has 0 aliphatic heterocycles. The highest BCUT2D eigenvalue weighted by atomic mass is 16.4. The molecule has 0 saturated carbocycles. The Kier molecular flexibility index (Phi) is 4.67. The summed E-state index contributed by atoms with van der Waals surface area (Å²) in [6.07, 6.45) is 0.476. The Morgan fingerprint density at radius 2 is 2.24 bits per heavy atom. The van der Waals surface area contributed by atoms with Crippen LogP contribution in [0.3, 0.4) is 0 Å². The minimum absolute atomic E-state index is 0.189. The zero-order valence-electron chi connectivity index (χ0n) is 12.0. The largest absolute Gasteiger partial charge is 0.425 e. The molecule has 1 aromatic heterocycles. The first-order valence-corrected chi connectivity index (χ1v) is 6.71. The lowest BCUT2D eigenvalue weighted by atomic mass is 10.1. The van der Waals surface area contributed by atoms with Crippen molar-refractivity contribution >= 4 is 5.91 Å². The number of hydrogen-bond donors (Lipinski definition) is 1. The number of nitriles is 1. The molecule has 0 atom stereocenters. The number of hydrogen-bond acceptors (Lipinski definition) is 5. The van der Waals surface area contributed by atoms with Gasteiger partial charge in [-0.25, -0.2) is 0 Å². The Bertz CT molecular complexity index is 670. The average molecular weight is 284 g/mol. The van der Waals surface area contributed by atoms with Crippen LogP contribution in [0.1, 0.15) is 47.5 Å². The molecule has 0 spiro atoms. The number of rotatable bonds is 5. The van der Waals surface area contributed by atoms with Crippen LogP contribution < -0.4 is 5.32 Å². The number of aromatic nitrogens is 2. The molecule has 2 aromatic rings. The maximum atomic E-state index is 11.9. The van der Waals surface area contributed by atoms with E-state index < -0.39 is 0 Å². The quantitative estimate of drug-likeness (QED) is 0.907. The van der Waals surface area contributed by atoms with Gasteiger partial charge in [-0.3, -0.25) is 4.79 Å². The molecule has 0 radical (unpaired) electrons. The van der Waals surface area contributed by atoms with Crippen LogP contribution in [0.5, 0.6) is 0 Å². The molecule has 1 heterocycles. The first-order chi connectivity index (χ1) is 10.1. The van der Waals surface area contributed by atoms with Gasteiger partial charge in [-0.1, -0.05) is 19.9 Å². The van der Waals surface area contributed by atoms with Crippen molar-refractivity contribution in [3.05, 3.63) is 47.2 Å². The molecule has 6 nitrogen and oxygen atoms in total. The van der Waals surface area contributed by atoms with Crippen LogP contribution in [0.4, 0.5) is 0 Å². The molecule has 0 saturated heterocycles. The summed E-state index contributed by atoms with van der Waals surface area (Å²) in [6, 6.07) is 8.56. The van der Waals surface area contributed by atoms with Crippen molar-refractivity contribution in [1.29, 1.82) is 5.26 Å². The van der Waals surface area contributed by atoms with Crippen LogP contribution in [0.15, 0.2) is 28.7 Å². The van der Waals surface area contributed by atoms with Gasteiger partial charge in [-0.05, 0) is 18.2 Å². The smallest absolute Gasteiger partial charge is 0.251 e. The molecule has 0 aliphatic rings. The maximum absolute atomic E-state index is 11.9. The molecular formula is C15H16N4O2.